The molecule has 3 N–H and O–H groups in total. The largest absolute Gasteiger partial charge is 0.494 e. The van der Waals surface area contributed by atoms with E-state index in [-0.39, 0.29) is 5.75 Å². The van der Waals surface area contributed by atoms with Crippen molar-refractivity contribution in [1.29, 1.82) is 0 Å². The topological polar surface area (TPSA) is 50.5 Å². The zero-order valence-corrected chi connectivity index (χ0v) is 11.4. The second kappa shape index (κ2) is 6.61. The van der Waals surface area contributed by atoms with Crippen molar-refractivity contribution >= 4 is 11.4 Å². The Hall–Kier alpha value is -1.49. The number of anilines is 2. The number of nitrogens with one attached hydrogen (secondary N) is 1. The van der Waals surface area contributed by atoms with Crippen molar-refractivity contribution in [3.63, 3.8) is 0 Å². The van der Waals surface area contributed by atoms with Crippen molar-refractivity contribution in [3.05, 3.63) is 17.9 Å². The first-order chi connectivity index (χ1) is 9.20. The minimum atomic E-state index is -0.429. The lowest BCUT2D eigenvalue weighted by Crippen LogP contribution is -2.33. The van der Waals surface area contributed by atoms with Crippen LogP contribution in [0.25, 0.3) is 0 Å². The van der Waals surface area contributed by atoms with Crippen LogP contribution in [0, 0.1) is 5.82 Å². The lowest BCUT2D eigenvalue weighted by Gasteiger charge is -2.26. The van der Waals surface area contributed by atoms with Gasteiger partial charge in [0.2, 0.25) is 0 Å². The summed E-state index contributed by atoms with van der Waals surface area (Å²) in [6.07, 6.45) is 3.91. The van der Waals surface area contributed by atoms with Crippen LogP contribution in [0.3, 0.4) is 0 Å². The van der Waals surface area contributed by atoms with Gasteiger partial charge in [0.25, 0.3) is 0 Å². The molecule has 1 aliphatic rings. The smallest absolute Gasteiger partial charge is 0.167 e. The average molecular weight is 267 g/mol. The van der Waals surface area contributed by atoms with Crippen molar-refractivity contribution in [2.24, 2.45) is 0 Å². The molecular weight excluding hydrogens is 245 g/mol. The van der Waals surface area contributed by atoms with Crippen molar-refractivity contribution in [2.75, 3.05) is 44.3 Å². The Labute approximate surface area is 113 Å². The number of methoxy groups -OCH3 is 1. The summed E-state index contributed by atoms with van der Waals surface area (Å²) in [5.74, 6) is -0.212. The van der Waals surface area contributed by atoms with Gasteiger partial charge in [0.05, 0.1) is 18.5 Å². The van der Waals surface area contributed by atoms with Crippen LogP contribution < -0.4 is 15.8 Å². The first-order valence-corrected chi connectivity index (χ1v) is 6.80. The Morgan fingerprint density at radius 1 is 1.32 bits per heavy atom. The summed E-state index contributed by atoms with van der Waals surface area (Å²) in [4.78, 5) is 2.44. The van der Waals surface area contributed by atoms with E-state index in [1.165, 1.54) is 45.5 Å². The third-order valence-electron chi connectivity index (χ3n) is 3.52. The van der Waals surface area contributed by atoms with Crippen LogP contribution in [0.15, 0.2) is 12.1 Å². The average Bonchev–Trinajstić information content (AvgIpc) is 2.42. The summed E-state index contributed by atoms with van der Waals surface area (Å²) in [5.41, 5.74) is 6.94. The van der Waals surface area contributed by atoms with Crippen molar-refractivity contribution in [3.8, 4) is 5.75 Å². The molecule has 1 aromatic rings. The molecule has 1 fully saturated rings. The van der Waals surface area contributed by atoms with E-state index < -0.39 is 5.82 Å². The summed E-state index contributed by atoms with van der Waals surface area (Å²) in [6.45, 7) is 4.13. The molecule has 1 aliphatic heterocycles. The lowest BCUT2D eigenvalue weighted by atomic mass is 10.1. The fourth-order valence-corrected chi connectivity index (χ4v) is 2.41. The van der Waals surface area contributed by atoms with Gasteiger partial charge in [0.15, 0.2) is 11.6 Å². The maximum Gasteiger partial charge on any atom is 0.167 e. The van der Waals surface area contributed by atoms with Crippen LogP contribution in [0.1, 0.15) is 19.3 Å². The Morgan fingerprint density at radius 3 is 2.74 bits per heavy atom. The molecule has 0 radical (unpaired) electrons. The number of rotatable bonds is 5. The summed E-state index contributed by atoms with van der Waals surface area (Å²) >= 11 is 0. The zero-order valence-electron chi connectivity index (χ0n) is 11.4. The van der Waals surface area contributed by atoms with Gasteiger partial charge >= 0.3 is 0 Å². The van der Waals surface area contributed by atoms with Gasteiger partial charge in [0.1, 0.15) is 0 Å². The molecule has 2 rings (SSSR count). The van der Waals surface area contributed by atoms with Gasteiger partial charge in [-0.3, -0.25) is 0 Å². The van der Waals surface area contributed by atoms with Crippen molar-refractivity contribution in [2.45, 2.75) is 19.3 Å². The quantitative estimate of drug-likeness (QED) is 0.804. The Balaban J connectivity index is 1.88. The van der Waals surface area contributed by atoms with E-state index in [9.17, 15) is 4.39 Å². The number of benzene rings is 1. The number of piperidine rings is 1. The monoisotopic (exact) mass is 267 g/mol. The number of nitrogen functional groups attached to an aromatic ring is 1. The van der Waals surface area contributed by atoms with E-state index in [2.05, 4.69) is 10.2 Å². The predicted octanol–water partition coefficient (Wildman–Crippen LogP) is 2.31. The van der Waals surface area contributed by atoms with E-state index in [4.69, 9.17) is 10.5 Å². The Morgan fingerprint density at radius 2 is 2.05 bits per heavy atom. The van der Waals surface area contributed by atoms with Gasteiger partial charge in [-0.2, -0.15) is 0 Å². The molecule has 19 heavy (non-hydrogen) atoms. The molecule has 1 heterocycles. The summed E-state index contributed by atoms with van der Waals surface area (Å²) in [7, 11) is 1.45. The number of ether oxygens (including phenoxy) is 1. The molecule has 0 bridgehead atoms. The van der Waals surface area contributed by atoms with Gasteiger partial charge in [-0.25, -0.2) is 4.39 Å². The van der Waals surface area contributed by atoms with Crippen LogP contribution >= 0.6 is 0 Å². The molecule has 4 nitrogen and oxygen atoms in total. The molecule has 0 aliphatic carbocycles. The molecule has 0 saturated carbocycles. The van der Waals surface area contributed by atoms with Crippen LogP contribution in [-0.4, -0.2) is 38.2 Å². The van der Waals surface area contributed by atoms with Gasteiger partial charge in [0, 0.05) is 25.2 Å². The predicted molar refractivity (Wildman–Crippen MR) is 76.1 cm³/mol. The molecule has 5 heteroatoms. The first-order valence-electron chi connectivity index (χ1n) is 6.80. The molecule has 0 aromatic heterocycles. The number of halogens is 1. The highest BCUT2D eigenvalue weighted by Crippen LogP contribution is 2.27. The maximum atomic E-state index is 13.4. The van der Waals surface area contributed by atoms with Crippen LogP contribution in [0.5, 0.6) is 5.75 Å². The highest BCUT2D eigenvalue weighted by Gasteiger charge is 2.11. The van der Waals surface area contributed by atoms with Gasteiger partial charge in [-0.1, -0.05) is 6.42 Å². The second-order valence-corrected chi connectivity index (χ2v) is 4.90. The standard InChI is InChI=1S/C14H22FN3O/c1-19-14-10-13(12(16)9-11(14)15)17-5-8-18-6-3-2-4-7-18/h9-10,17H,2-8,16H2,1H3. The molecule has 0 amide bonds. The van der Waals surface area contributed by atoms with Crippen LogP contribution in [0.2, 0.25) is 0 Å². The maximum absolute atomic E-state index is 13.4. The van der Waals surface area contributed by atoms with E-state index >= 15 is 0 Å². The minimum Gasteiger partial charge on any atom is -0.494 e. The van der Waals surface area contributed by atoms with E-state index in [0.29, 0.717) is 5.69 Å². The Kier molecular flexibility index (Phi) is 4.85. The zero-order chi connectivity index (χ0) is 13.7. The van der Waals surface area contributed by atoms with Gasteiger partial charge < -0.3 is 20.7 Å². The second-order valence-electron chi connectivity index (χ2n) is 4.90. The molecule has 106 valence electrons. The third-order valence-corrected chi connectivity index (χ3v) is 3.52. The molecule has 1 aromatic carbocycles. The Bertz CT molecular complexity index is 419. The fraction of sp³-hybridized carbons (Fsp3) is 0.571. The fourth-order valence-electron chi connectivity index (χ4n) is 2.41. The molecule has 0 spiro atoms. The summed E-state index contributed by atoms with van der Waals surface area (Å²) in [6, 6.07) is 2.91. The summed E-state index contributed by atoms with van der Waals surface area (Å²) in [5, 5.41) is 3.25. The summed E-state index contributed by atoms with van der Waals surface area (Å²) < 4.78 is 18.4. The molecule has 1 saturated heterocycles. The molecular formula is C14H22FN3O. The highest BCUT2D eigenvalue weighted by atomic mass is 19.1. The number of hydrogen-bond acceptors (Lipinski definition) is 4. The van der Waals surface area contributed by atoms with Gasteiger partial charge in [-0.15, -0.1) is 0 Å². The van der Waals surface area contributed by atoms with Crippen LogP contribution in [0.4, 0.5) is 15.8 Å². The molecule has 0 unspecified atom stereocenters. The SMILES string of the molecule is COc1cc(NCCN2CCCCC2)c(N)cc1F. The minimum absolute atomic E-state index is 0.217. The van der Waals surface area contributed by atoms with E-state index in [1.807, 2.05) is 0 Å². The normalized spacial score (nSPS) is 16.3. The van der Waals surface area contributed by atoms with E-state index in [1.54, 1.807) is 6.07 Å². The number of nitrogens with zero attached hydrogens (tertiary/aromatic N) is 1. The van der Waals surface area contributed by atoms with Gasteiger partial charge in [-0.05, 0) is 25.9 Å². The molecule has 0 atom stereocenters. The van der Waals surface area contributed by atoms with Crippen molar-refractivity contribution in [1.82, 2.24) is 4.90 Å². The van der Waals surface area contributed by atoms with Crippen molar-refractivity contribution < 1.29 is 9.13 Å². The highest BCUT2D eigenvalue weighted by molar-refractivity contribution is 5.68. The number of nitrogens with two attached hydrogens (primary N) is 1. The van der Waals surface area contributed by atoms with Crippen LogP contribution in [-0.2, 0) is 0 Å². The first kappa shape index (κ1) is 13.9. The number of likely N-dealkylation sites (tertiary alicyclic amines) is 1. The van der Waals surface area contributed by atoms with E-state index in [0.717, 1.165) is 18.8 Å². The third kappa shape index (κ3) is 3.73. The number of hydrogen-bond donors (Lipinski definition) is 2. The lowest BCUT2D eigenvalue weighted by molar-refractivity contribution is 0.237.